The number of methoxy groups -OCH3 is 1. The fourth-order valence-electron chi connectivity index (χ4n) is 4.24. The van der Waals surface area contributed by atoms with Gasteiger partial charge in [0.05, 0.1) is 32.1 Å². The monoisotopic (exact) mass is 361 g/mol. The maximum atomic E-state index is 12.2. The lowest BCUT2D eigenvalue weighted by atomic mass is 9.99. The van der Waals surface area contributed by atoms with Gasteiger partial charge in [-0.3, -0.25) is 9.69 Å². The number of ether oxygens (including phenoxy) is 2. The van der Waals surface area contributed by atoms with Gasteiger partial charge in [0.1, 0.15) is 0 Å². The highest BCUT2D eigenvalue weighted by Gasteiger charge is 2.41. The van der Waals surface area contributed by atoms with Crippen molar-refractivity contribution in [1.29, 1.82) is 0 Å². The summed E-state index contributed by atoms with van der Waals surface area (Å²) in [5, 5.41) is 2.92. The second kappa shape index (κ2) is 7.85. The minimum Gasteiger partial charge on any atom is -0.383 e. The van der Waals surface area contributed by atoms with Crippen molar-refractivity contribution in [3.05, 3.63) is 17.5 Å². The first-order chi connectivity index (χ1) is 12.8. The normalized spacial score (nSPS) is 25.2. The number of hydrogen-bond acceptors (Lipinski definition) is 7. The van der Waals surface area contributed by atoms with E-state index in [0.717, 1.165) is 57.2 Å². The molecule has 142 valence electrons. The van der Waals surface area contributed by atoms with E-state index in [-0.39, 0.29) is 11.9 Å². The van der Waals surface area contributed by atoms with Crippen LogP contribution in [0.3, 0.4) is 0 Å². The van der Waals surface area contributed by atoms with Crippen LogP contribution in [0.5, 0.6) is 0 Å². The van der Waals surface area contributed by atoms with Gasteiger partial charge < -0.3 is 19.7 Å². The minimum absolute atomic E-state index is 0.0632. The van der Waals surface area contributed by atoms with E-state index in [9.17, 15) is 4.79 Å². The molecule has 2 unspecified atom stereocenters. The van der Waals surface area contributed by atoms with Crippen molar-refractivity contribution in [2.24, 2.45) is 0 Å². The molecule has 3 aliphatic heterocycles. The van der Waals surface area contributed by atoms with Crippen LogP contribution in [0.1, 0.15) is 30.1 Å². The van der Waals surface area contributed by atoms with Crippen LogP contribution < -0.4 is 10.2 Å². The molecule has 1 aromatic rings. The first-order valence-electron chi connectivity index (χ1n) is 9.46. The largest absolute Gasteiger partial charge is 0.383 e. The molecule has 4 heterocycles. The van der Waals surface area contributed by atoms with Gasteiger partial charge in [-0.25, -0.2) is 9.97 Å². The van der Waals surface area contributed by atoms with Crippen LogP contribution in [-0.4, -0.2) is 79.9 Å². The molecule has 1 N–H and O–H groups in total. The average molecular weight is 361 g/mol. The van der Waals surface area contributed by atoms with E-state index >= 15 is 0 Å². The summed E-state index contributed by atoms with van der Waals surface area (Å²) in [4.78, 5) is 26.2. The molecule has 26 heavy (non-hydrogen) atoms. The van der Waals surface area contributed by atoms with E-state index < -0.39 is 0 Å². The van der Waals surface area contributed by atoms with E-state index in [1.165, 1.54) is 5.56 Å². The maximum Gasteiger partial charge on any atom is 0.234 e. The lowest BCUT2D eigenvalue weighted by Gasteiger charge is -2.35. The maximum absolute atomic E-state index is 12.2. The molecular formula is C18H27N5O3. The molecule has 0 spiro atoms. The van der Waals surface area contributed by atoms with Crippen molar-refractivity contribution in [2.45, 2.75) is 31.3 Å². The molecule has 1 aromatic heterocycles. The second-order valence-corrected chi connectivity index (χ2v) is 7.14. The number of amides is 1. The van der Waals surface area contributed by atoms with Crippen molar-refractivity contribution >= 4 is 11.9 Å². The summed E-state index contributed by atoms with van der Waals surface area (Å²) in [5.74, 6) is 0.880. The first-order valence-corrected chi connectivity index (χ1v) is 9.46. The molecule has 0 radical (unpaired) electrons. The Morgan fingerprint density at radius 1 is 1.38 bits per heavy atom. The van der Waals surface area contributed by atoms with E-state index in [1.54, 1.807) is 7.11 Å². The molecule has 3 aliphatic rings. The van der Waals surface area contributed by atoms with Gasteiger partial charge in [0.15, 0.2) is 0 Å². The molecule has 8 nitrogen and oxygen atoms in total. The Bertz CT molecular complexity index is 650. The SMILES string of the molecule is COCCNC(=O)CN1C2CCC1c1cnc(N3CCOCC3)nc1C2. The predicted octanol–water partition coefficient (Wildman–Crippen LogP) is 0.137. The molecule has 2 fully saturated rings. The molecule has 0 saturated carbocycles. The molecule has 2 bridgehead atoms. The Hall–Kier alpha value is -1.77. The van der Waals surface area contributed by atoms with Crippen LogP contribution in [0.4, 0.5) is 5.95 Å². The number of nitrogens with zero attached hydrogens (tertiary/aromatic N) is 4. The third-order valence-corrected chi connectivity index (χ3v) is 5.57. The van der Waals surface area contributed by atoms with Crippen molar-refractivity contribution < 1.29 is 14.3 Å². The summed E-state index contributed by atoms with van der Waals surface area (Å²) < 4.78 is 10.4. The Kier molecular flexibility index (Phi) is 5.33. The fourth-order valence-corrected chi connectivity index (χ4v) is 4.24. The molecular weight excluding hydrogens is 334 g/mol. The van der Waals surface area contributed by atoms with E-state index in [2.05, 4.69) is 20.1 Å². The summed E-state index contributed by atoms with van der Waals surface area (Å²) in [6.07, 6.45) is 5.06. The summed E-state index contributed by atoms with van der Waals surface area (Å²) in [6.45, 7) is 4.69. The van der Waals surface area contributed by atoms with Crippen LogP contribution in [-0.2, 0) is 20.7 Å². The Morgan fingerprint density at radius 3 is 3.04 bits per heavy atom. The number of carbonyl (C=O) groups is 1. The van der Waals surface area contributed by atoms with Gasteiger partial charge in [-0.05, 0) is 12.8 Å². The zero-order chi connectivity index (χ0) is 17.9. The quantitative estimate of drug-likeness (QED) is 0.722. The first kappa shape index (κ1) is 17.6. The molecule has 8 heteroatoms. The van der Waals surface area contributed by atoms with Gasteiger partial charge in [0, 0.05) is 57.0 Å². The molecule has 0 aromatic carbocycles. The van der Waals surface area contributed by atoms with E-state index in [0.29, 0.717) is 25.7 Å². The van der Waals surface area contributed by atoms with Crippen LogP contribution in [0, 0.1) is 0 Å². The summed E-state index contributed by atoms with van der Waals surface area (Å²) in [6, 6.07) is 0.656. The third-order valence-electron chi connectivity index (χ3n) is 5.57. The van der Waals surface area contributed by atoms with E-state index in [1.807, 2.05) is 6.20 Å². The number of hydrogen-bond donors (Lipinski definition) is 1. The summed E-state index contributed by atoms with van der Waals surface area (Å²) >= 11 is 0. The van der Waals surface area contributed by atoms with Crippen LogP contribution in [0.2, 0.25) is 0 Å². The van der Waals surface area contributed by atoms with Crippen LogP contribution in [0.15, 0.2) is 6.20 Å². The van der Waals surface area contributed by atoms with Crippen LogP contribution in [0.25, 0.3) is 0 Å². The average Bonchev–Trinajstić information content (AvgIpc) is 2.94. The zero-order valence-electron chi connectivity index (χ0n) is 15.3. The minimum atomic E-state index is 0.0632. The standard InChI is InChI=1S/C18H27N5O3/c1-25-7-4-19-17(24)12-23-13-2-3-16(23)14-11-20-18(21-15(14)10-13)22-5-8-26-9-6-22/h11,13,16H,2-10,12H2,1H3,(H,19,24). The lowest BCUT2D eigenvalue weighted by molar-refractivity contribution is -0.123. The van der Waals surface area contributed by atoms with Gasteiger partial charge in [0.2, 0.25) is 11.9 Å². The number of morpholine rings is 1. The highest BCUT2D eigenvalue weighted by Crippen LogP contribution is 2.42. The van der Waals surface area contributed by atoms with Gasteiger partial charge >= 0.3 is 0 Å². The molecule has 2 saturated heterocycles. The molecule has 2 atom stereocenters. The highest BCUT2D eigenvalue weighted by molar-refractivity contribution is 5.78. The zero-order valence-corrected chi connectivity index (χ0v) is 15.3. The molecule has 0 aliphatic carbocycles. The van der Waals surface area contributed by atoms with Crippen LogP contribution >= 0.6 is 0 Å². The van der Waals surface area contributed by atoms with Crippen molar-refractivity contribution in [3.8, 4) is 0 Å². The van der Waals surface area contributed by atoms with Crippen molar-refractivity contribution in [1.82, 2.24) is 20.2 Å². The van der Waals surface area contributed by atoms with Crippen molar-refractivity contribution in [3.63, 3.8) is 0 Å². The number of carbonyl (C=O) groups excluding carboxylic acids is 1. The third kappa shape index (κ3) is 3.54. The van der Waals surface area contributed by atoms with Gasteiger partial charge in [0.25, 0.3) is 0 Å². The number of aromatic nitrogens is 2. The number of rotatable bonds is 6. The molecule has 1 amide bonds. The Balaban J connectivity index is 1.45. The van der Waals surface area contributed by atoms with Crippen molar-refractivity contribution in [2.75, 3.05) is 58.0 Å². The number of nitrogens with one attached hydrogen (secondary N) is 1. The Labute approximate surface area is 153 Å². The molecule has 4 rings (SSSR count). The van der Waals surface area contributed by atoms with Gasteiger partial charge in [-0.1, -0.05) is 0 Å². The van der Waals surface area contributed by atoms with Gasteiger partial charge in [-0.15, -0.1) is 0 Å². The topological polar surface area (TPSA) is 79.8 Å². The highest BCUT2D eigenvalue weighted by atomic mass is 16.5. The number of fused-ring (bicyclic) bond motifs is 4. The van der Waals surface area contributed by atoms with E-state index in [4.69, 9.17) is 14.5 Å². The Morgan fingerprint density at radius 2 is 2.23 bits per heavy atom. The smallest absolute Gasteiger partial charge is 0.234 e. The number of anilines is 1. The lowest BCUT2D eigenvalue weighted by Crippen LogP contribution is -2.45. The van der Waals surface area contributed by atoms with Gasteiger partial charge in [-0.2, -0.15) is 0 Å². The fraction of sp³-hybridized carbons (Fsp3) is 0.722. The summed E-state index contributed by atoms with van der Waals surface area (Å²) in [7, 11) is 1.64. The second-order valence-electron chi connectivity index (χ2n) is 7.14. The predicted molar refractivity (Wildman–Crippen MR) is 96.1 cm³/mol. The summed E-state index contributed by atoms with van der Waals surface area (Å²) in [5.41, 5.74) is 2.35.